The minimum absolute atomic E-state index is 0.123. The van der Waals surface area contributed by atoms with E-state index in [9.17, 15) is 13.6 Å². The van der Waals surface area contributed by atoms with Gasteiger partial charge >= 0.3 is 0 Å². The first-order valence-corrected chi connectivity index (χ1v) is 5.21. The Balaban J connectivity index is 2.94. The van der Waals surface area contributed by atoms with Crippen LogP contribution >= 0.6 is 0 Å². The molecule has 88 valence electrons. The Labute approximate surface area is 93.2 Å². The third-order valence-electron chi connectivity index (χ3n) is 2.23. The van der Waals surface area contributed by atoms with Gasteiger partial charge in [-0.15, -0.1) is 0 Å². The van der Waals surface area contributed by atoms with Gasteiger partial charge in [0.15, 0.2) is 5.78 Å². The van der Waals surface area contributed by atoms with Gasteiger partial charge in [0.1, 0.15) is 17.7 Å². The van der Waals surface area contributed by atoms with Crippen LogP contribution in [0.5, 0.6) is 0 Å². The van der Waals surface area contributed by atoms with Crippen molar-refractivity contribution >= 4 is 5.78 Å². The van der Waals surface area contributed by atoms with Crippen LogP contribution in [-0.2, 0) is 4.74 Å². The molecule has 0 aliphatic carbocycles. The molecule has 0 heterocycles. The number of hydrogen-bond acceptors (Lipinski definition) is 2. The summed E-state index contributed by atoms with van der Waals surface area (Å²) in [5.41, 5.74) is -0.123. The summed E-state index contributed by atoms with van der Waals surface area (Å²) in [4.78, 5) is 11.8. The van der Waals surface area contributed by atoms with Gasteiger partial charge in [-0.3, -0.25) is 4.79 Å². The summed E-state index contributed by atoms with van der Waals surface area (Å²) in [7, 11) is 0. The van der Waals surface area contributed by atoms with E-state index in [1.165, 1.54) is 0 Å². The standard InChI is InChI=1S/C12H14F2O2/c1-3-11(16-4-2)12(15)9-6-5-8(13)7-10(9)14/h5-7,11H,3-4H2,1-2H3. The zero-order valence-electron chi connectivity index (χ0n) is 9.30. The first-order chi connectivity index (χ1) is 7.60. The Bertz CT molecular complexity index is 377. The maximum Gasteiger partial charge on any atom is 0.194 e. The molecule has 1 unspecified atom stereocenters. The first-order valence-electron chi connectivity index (χ1n) is 5.21. The number of carbonyl (C=O) groups excluding carboxylic acids is 1. The third-order valence-corrected chi connectivity index (χ3v) is 2.23. The Kier molecular flexibility index (Phi) is 4.55. The first kappa shape index (κ1) is 12.8. The van der Waals surface area contributed by atoms with Crippen LogP contribution in [0.25, 0.3) is 0 Å². The summed E-state index contributed by atoms with van der Waals surface area (Å²) in [6, 6.07) is 2.91. The fraction of sp³-hybridized carbons (Fsp3) is 0.417. The third kappa shape index (κ3) is 2.85. The van der Waals surface area contributed by atoms with Crippen LogP contribution in [-0.4, -0.2) is 18.5 Å². The lowest BCUT2D eigenvalue weighted by molar-refractivity contribution is 0.0440. The van der Waals surface area contributed by atoms with Gasteiger partial charge in [0, 0.05) is 12.7 Å². The molecule has 0 radical (unpaired) electrons. The number of halogens is 2. The maximum absolute atomic E-state index is 13.3. The van der Waals surface area contributed by atoms with Crippen molar-refractivity contribution < 1.29 is 18.3 Å². The molecule has 0 aromatic heterocycles. The Hall–Kier alpha value is -1.29. The lowest BCUT2D eigenvalue weighted by Crippen LogP contribution is -2.24. The molecule has 1 aromatic carbocycles. The zero-order valence-corrected chi connectivity index (χ0v) is 9.30. The Morgan fingerprint density at radius 2 is 2.06 bits per heavy atom. The summed E-state index contributed by atoms with van der Waals surface area (Å²) in [6.07, 6.45) is -0.200. The largest absolute Gasteiger partial charge is 0.370 e. The second kappa shape index (κ2) is 5.70. The minimum Gasteiger partial charge on any atom is -0.370 e. The molecule has 2 nitrogen and oxygen atoms in total. The van der Waals surface area contributed by atoms with Crippen LogP contribution in [0.15, 0.2) is 18.2 Å². The van der Waals surface area contributed by atoms with Crippen molar-refractivity contribution in [1.29, 1.82) is 0 Å². The molecule has 4 heteroatoms. The highest BCUT2D eigenvalue weighted by Gasteiger charge is 2.21. The van der Waals surface area contributed by atoms with Gasteiger partial charge in [0.25, 0.3) is 0 Å². The van der Waals surface area contributed by atoms with E-state index in [-0.39, 0.29) is 5.56 Å². The molecular formula is C12H14F2O2. The van der Waals surface area contributed by atoms with Crippen LogP contribution < -0.4 is 0 Å². The summed E-state index contributed by atoms with van der Waals surface area (Å²) in [5, 5.41) is 0. The molecule has 0 aliphatic rings. The second-order valence-electron chi connectivity index (χ2n) is 3.34. The van der Waals surface area contributed by atoms with Gasteiger partial charge in [0.05, 0.1) is 5.56 Å². The monoisotopic (exact) mass is 228 g/mol. The van der Waals surface area contributed by atoms with Crippen molar-refractivity contribution in [2.45, 2.75) is 26.4 Å². The number of ether oxygens (including phenoxy) is 1. The maximum atomic E-state index is 13.3. The van der Waals surface area contributed by atoms with Crippen molar-refractivity contribution in [2.75, 3.05) is 6.61 Å². The number of Topliss-reactive ketones (excluding diaryl/α,β-unsaturated/α-hetero) is 1. The predicted molar refractivity (Wildman–Crippen MR) is 56.4 cm³/mol. The van der Waals surface area contributed by atoms with E-state index in [0.29, 0.717) is 19.1 Å². The van der Waals surface area contributed by atoms with Crippen molar-refractivity contribution in [3.8, 4) is 0 Å². The van der Waals surface area contributed by atoms with E-state index in [1.54, 1.807) is 13.8 Å². The molecule has 1 rings (SSSR count). The normalized spacial score (nSPS) is 12.5. The molecule has 0 saturated heterocycles. The molecule has 0 bridgehead atoms. The number of rotatable bonds is 5. The van der Waals surface area contributed by atoms with E-state index in [2.05, 4.69) is 0 Å². The van der Waals surface area contributed by atoms with Crippen LogP contribution in [0.2, 0.25) is 0 Å². The number of hydrogen-bond donors (Lipinski definition) is 0. The topological polar surface area (TPSA) is 26.3 Å². The van der Waals surface area contributed by atoms with E-state index in [0.717, 1.165) is 12.1 Å². The van der Waals surface area contributed by atoms with Gasteiger partial charge in [-0.1, -0.05) is 6.92 Å². The predicted octanol–water partition coefficient (Wildman–Crippen LogP) is 2.96. The number of carbonyl (C=O) groups is 1. The molecule has 0 spiro atoms. The molecule has 0 saturated carbocycles. The van der Waals surface area contributed by atoms with Crippen LogP contribution in [0.1, 0.15) is 30.6 Å². The molecule has 1 aromatic rings. The molecule has 0 amide bonds. The molecule has 0 aliphatic heterocycles. The average Bonchev–Trinajstić information content (AvgIpc) is 2.25. The summed E-state index contributed by atoms with van der Waals surface area (Å²) in [5.74, 6) is -1.98. The molecule has 0 fully saturated rings. The van der Waals surface area contributed by atoms with E-state index >= 15 is 0 Å². The second-order valence-corrected chi connectivity index (χ2v) is 3.34. The lowest BCUT2D eigenvalue weighted by atomic mass is 10.0. The van der Waals surface area contributed by atoms with E-state index in [1.807, 2.05) is 0 Å². The zero-order chi connectivity index (χ0) is 12.1. The van der Waals surface area contributed by atoms with Crippen molar-refractivity contribution in [3.63, 3.8) is 0 Å². The van der Waals surface area contributed by atoms with Gasteiger partial charge in [-0.05, 0) is 25.5 Å². The lowest BCUT2D eigenvalue weighted by Gasteiger charge is -2.13. The van der Waals surface area contributed by atoms with Crippen molar-refractivity contribution in [1.82, 2.24) is 0 Å². The van der Waals surface area contributed by atoms with Gasteiger partial charge in [-0.2, -0.15) is 0 Å². The van der Waals surface area contributed by atoms with Crippen LogP contribution in [0.4, 0.5) is 8.78 Å². The number of ketones is 1. The summed E-state index contributed by atoms with van der Waals surface area (Å²) in [6.45, 7) is 3.92. The fourth-order valence-electron chi connectivity index (χ4n) is 1.44. The summed E-state index contributed by atoms with van der Waals surface area (Å²) >= 11 is 0. The van der Waals surface area contributed by atoms with E-state index in [4.69, 9.17) is 4.74 Å². The molecule has 0 N–H and O–H groups in total. The fourth-order valence-corrected chi connectivity index (χ4v) is 1.44. The summed E-state index contributed by atoms with van der Waals surface area (Å²) < 4.78 is 31.2. The smallest absolute Gasteiger partial charge is 0.194 e. The average molecular weight is 228 g/mol. The van der Waals surface area contributed by atoms with E-state index < -0.39 is 23.5 Å². The molecular weight excluding hydrogens is 214 g/mol. The highest BCUT2D eigenvalue weighted by atomic mass is 19.1. The highest BCUT2D eigenvalue weighted by Crippen LogP contribution is 2.14. The number of benzene rings is 1. The van der Waals surface area contributed by atoms with Gasteiger partial charge in [-0.25, -0.2) is 8.78 Å². The minimum atomic E-state index is -0.844. The molecule has 16 heavy (non-hydrogen) atoms. The van der Waals surface area contributed by atoms with Crippen molar-refractivity contribution in [2.24, 2.45) is 0 Å². The quantitative estimate of drug-likeness (QED) is 0.724. The van der Waals surface area contributed by atoms with Crippen LogP contribution in [0.3, 0.4) is 0 Å². The highest BCUT2D eigenvalue weighted by molar-refractivity contribution is 5.99. The van der Waals surface area contributed by atoms with Crippen molar-refractivity contribution in [3.05, 3.63) is 35.4 Å². The Morgan fingerprint density at radius 3 is 2.56 bits per heavy atom. The SMILES string of the molecule is CCOC(CC)C(=O)c1ccc(F)cc1F. The van der Waals surface area contributed by atoms with Gasteiger partial charge in [0.2, 0.25) is 0 Å². The van der Waals surface area contributed by atoms with Gasteiger partial charge < -0.3 is 4.74 Å². The Morgan fingerprint density at radius 1 is 1.38 bits per heavy atom. The van der Waals surface area contributed by atoms with Crippen LogP contribution in [0, 0.1) is 11.6 Å². The molecule has 1 atom stereocenters.